The maximum atomic E-state index is 3.96. The summed E-state index contributed by atoms with van der Waals surface area (Å²) in [6.45, 7) is 2.33. The number of fused-ring (bicyclic) bond motifs is 4. The molecule has 2 atom stereocenters. The Hall–Kier alpha value is -6.90. The molecule has 57 heavy (non-hydrogen) atoms. The molecule has 2 aliphatic rings. The molecule has 2 unspecified atom stereocenters. The lowest BCUT2D eigenvalue weighted by atomic mass is 9.77. The molecular weight excluding hydrogens is 689 g/mol. The van der Waals surface area contributed by atoms with Crippen molar-refractivity contribution < 1.29 is 0 Å². The van der Waals surface area contributed by atoms with Crippen LogP contribution in [0.3, 0.4) is 0 Å². The first-order valence-corrected chi connectivity index (χ1v) is 20.2. The monoisotopic (exact) mass is 732 g/mol. The third-order valence-corrected chi connectivity index (χ3v) is 11.8. The van der Waals surface area contributed by atoms with Crippen LogP contribution in [0.15, 0.2) is 200 Å². The molecule has 8 aromatic carbocycles. The molecule has 0 amide bonds. The van der Waals surface area contributed by atoms with Gasteiger partial charge in [-0.25, -0.2) is 0 Å². The fourth-order valence-corrected chi connectivity index (χ4v) is 8.95. The highest BCUT2D eigenvalue weighted by Gasteiger charge is 2.27. The Bertz CT molecular complexity index is 2800. The van der Waals surface area contributed by atoms with E-state index in [4.69, 9.17) is 0 Å². The van der Waals surface area contributed by atoms with Crippen molar-refractivity contribution in [2.24, 2.45) is 5.92 Å². The van der Waals surface area contributed by atoms with E-state index < -0.39 is 0 Å². The largest absolute Gasteiger partial charge is 0.355 e. The molecule has 0 saturated heterocycles. The summed E-state index contributed by atoms with van der Waals surface area (Å²) in [5.41, 5.74) is 14.7. The minimum atomic E-state index is 0.288. The highest BCUT2D eigenvalue weighted by molar-refractivity contribution is 6.01. The Morgan fingerprint density at radius 3 is 1.81 bits per heavy atom. The first kappa shape index (κ1) is 34.6. The van der Waals surface area contributed by atoms with Crippen molar-refractivity contribution in [2.75, 3.05) is 10.2 Å². The fourth-order valence-electron chi connectivity index (χ4n) is 8.95. The summed E-state index contributed by atoms with van der Waals surface area (Å²) in [6.07, 6.45) is 15.9. The Morgan fingerprint density at radius 2 is 1.11 bits per heavy atom. The maximum Gasteiger partial charge on any atom is 0.0540 e. The predicted molar refractivity (Wildman–Crippen MR) is 244 cm³/mol. The number of hydrogen-bond donors (Lipinski definition) is 1. The second-order valence-corrected chi connectivity index (χ2v) is 15.3. The summed E-state index contributed by atoms with van der Waals surface area (Å²) in [4.78, 5) is 2.38. The van der Waals surface area contributed by atoms with E-state index in [9.17, 15) is 0 Å². The molecule has 8 aromatic rings. The minimum Gasteiger partial charge on any atom is -0.355 e. The molecule has 0 fully saturated rings. The molecule has 0 radical (unpaired) electrons. The van der Waals surface area contributed by atoms with Crippen molar-refractivity contribution in [3.8, 4) is 22.3 Å². The van der Waals surface area contributed by atoms with Gasteiger partial charge in [-0.05, 0) is 111 Å². The zero-order valence-electron chi connectivity index (χ0n) is 32.1. The summed E-state index contributed by atoms with van der Waals surface area (Å²) >= 11 is 0. The molecule has 1 N–H and O–H groups in total. The predicted octanol–water partition coefficient (Wildman–Crippen LogP) is 15.3. The van der Waals surface area contributed by atoms with Crippen LogP contribution in [0, 0.1) is 5.92 Å². The van der Waals surface area contributed by atoms with Gasteiger partial charge in [-0.3, -0.25) is 0 Å². The van der Waals surface area contributed by atoms with Crippen molar-refractivity contribution in [2.45, 2.75) is 25.7 Å². The van der Waals surface area contributed by atoms with Crippen LogP contribution < -0.4 is 10.2 Å². The second kappa shape index (κ2) is 15.0. The number of rotatable bonds is 8. The molecule has 0 spiro atoms. The number of nitrogens with zero attached hydrogens (tertiary/aromatic N) is 1. The first-order chi connectivity index (χ1) is 28.2. The van der Waals surface area contributed by atoms with Gasteiger partial charge in [0.25, 0.3) is 0 Å². The van der Waals surface area contributed by atoms with E-state index in [0.717, 1.165) is 35.6 Å². The van der Waals surface area contributed by atoms with Crippen LogP contribution in [0.4, 0.5) is 28.4 Å². The molecule has 0 bridgehead atoms. The lowest BCUT2D eigenvalue weighted by Crippen LogP contribution is -2.13. The third kappa shape index (κ3) is 6.54. The molecule has 10 rings (SSSR count). The Labute approximate surface area is 335 Å². The van der Waals surface area contributed by atoms with Gasteiger partial charge in [0.2, 0.25) is 0 Å². The van der Waals surface area contributed by atoms with Gasteiger partial charge in [-0.2, -0.15) is 0 Å². The lowest BCUT2D eigenvalue weighted by molar-refractivity contribution is 0.640. The summed E-state index contributed by atoms with van der Waals surface area (Å²) in [7, 11) is 0. The number of benzene rings is 8. The van der Waals surface area contributed by atoms with Gasteiger partial charge >= 0.3 is 0 Å². The Balaban J connectivity index is 0.989. The van der Waals surface area contributed by atoms with Crippen LogP contribution >= 0.6 is 0 Å². The highest BCUT2D eigenvalue weighted by atomic mass is 15.1. The molecule has 274 valence electrons. The van der Waals surface area contributed by atoms with E-state index in [0.29, 0.717) is 5.92 Å². The van der Waals surface area contributed by atoms with Gasteiger partial charge in [0.05, 0.1) is 11.4 Å². The second-order valence-electron chi connectivity index (χ2n) is 15.3. The number of anilines is 5. The molecule has 2 nitrogen and oxygen atoms in total. The average Bonchev–Trinajstić information content (AvgIpc) is 3.28. The third-order valence-electron chi connectivity index (χ3n) is 11.8. The SMILES string of the molecule is CC1C=CC=CC1c1c(Nc2ccc(-c3ccc(N(c4ccc(-c5ccccc5)cc4)c4cccc5ccccc45)cc3)cc2)c2c(c3ccccc13)CCC=C2. The van der Waals surface area contributed by atoms with E-state index >= 15 is 0 Å². The van der Waals surface area contributed by atoms with Crippen molar-refractivity contribution in [3.05, 3.63) is 217 Å². The molecule has 0 aliphatic heterocycles. The topological polar surface area (TPSA) is 15.3 Å². The van der Waals surface area contributed by atoms with Crippen molar-refractivity contribution >= 4 is 56.1 Å². The van der Waals surface area contributed by atoms with Crippen LogP contribution in [-0.2, 0) is 6.42 Å². The molecule has 2 heteroatoms. The van der Waals surface area contributed by atoms with Gasteiger partial charge in [-0.1, -0.05) is 171 Å². The van der Waals surface area contributed by atoms with Crippen molar-refractivity contribution in [1.82, 2.24) is 0 Å². The minimum absolute atomic E-state index is 0.288. The molecule has 0 aromatic heterocycles. The molecule has 0 heterocycles. The summed E-state index contributed by atoms with van der Waals surface area (Å²) < 4.78 is 0. The maximum absolute atomic E-state index is 3.96. The van der Waals surface area contributed by atoms with Crippen LogP contribution in [0.25, 0.3) is 49.9 Å². The van der Waals surface area contributed by atoms with E-state index in [-0.39, 0.29) is 5.92 Å². The van der Waals surface area contributed by atoms with Crippen LogP contribution in [0.2, 0.25) is 0 Å². The Kier molecular flexibility index (Phi) is 9.08. The van der Waals surface area contributed by atoms with Crippen molar-refractivity contribution in [1.29, 1.82) is 0 Å². The van der Waals surface area contributed by atoms with E-state index in [1.807, 2.05) is 0 Å². The Morgan fingerprint density at radius 1 is 0.526 bits per heavy atom. The number of aryl methyl sites for hydroxylation is 1. The van der Waals surface area contributed by atoms with E-state index in [1.54, 1.807) is 0 Å². The highest BCUT2D eigenvalue weighted by Crippen LogP contribution is 2.46. The lowest BCUT2D eigenvalue weighted by Gasteiger charge is -2.30. The average molecular weight is 733 g/mol. The zero-order valence-corrected chi connectivity index (χ0v) is 32.1. The van der Waals surface area contributed by atoms with Gasteiger partial charge in [0.15, 0.2) is 0 Å². The fraction of sp³-hybridized carbons (Fsp3) is 0.0909. The summed E-state index contributed by atoms with van der Waals surface area (Å²) in [5, 5.41) is 9.14. The normalized spacial score (nSPS) is 15.8. The van der Waals surface area contributed by atoms with Crippen LogP contribution in [0.1, 0.15) is 36.0 Å². The number of allylic oxidation sites excluding steroid dienone is 5. The van der Waals surface area contributed by atoms with Gasteiger partial charge in [0, 0.05) is 33.9 Å². The quantitative estimate of drug-likeness (QED) is 0.167. The van der Waals surface area contributed by atoms with Crippen LogP contribution in [0.5, 0.6) is 0 Å². The van der Waals surface area contributed by atoms with Gasteiger partial charge < -0.3 is 10.2 Å². The zero-order chi connectivity index (χ0) is 38.1. The van der Waals surface area contributed by atoms with Gasteiger partial charge in [-0.15, -0.1) is 0 Å². The van der Waals surface area contributed by atoms with Crippen molar-refractivity contribution in [3.63, 3.8) is 0 Å². The standard InChI is InChI=1S/C55H44N2/c1-38-14-5-7-19-47(38)54-51-23-11-9-21-49(51)50-22-10-12-24-52(50)55(54)56-44-32-26-40(27-33-44)42-30-36-46(37-31-42)57(53-25-13-18-43-17-6-8-20-48(43)53)45-34-28-41(29-35-45)39-15-3-2-4-16-39/h2-9,11-21,23-38,47,56H,10,22H2,1H3. The van der Waals surface area contributed by atoms with E-state index in [1.165, 1.54) is 66.2 Å². The molecule has 2 aliphatic carbocycles. The summed E-state index contributed by atoms with van der Waals surface area (Å²) in [6, 6.07) is 61.7. The molecular formula is C55H44N2. The smallest absolute Gasteiger partial charge is 0.0540 e. The van der Waals surface area contributed by atoms with E-state index in [2.05, 4.69) is 223 Å². The number of nitrogens with one attached hydrogen (secondary N) is 1. The number of hydrogen-bond acceptors (Lipinski definition) is 2. The molecule has 0 saturated carbocycles. The first-order valence-electron chi connectivity index (χ1n) is 20.2. The van der Waals surface area contributed by atoms with Crippen LogP contribution in [-0.4, -0.2) is 0 Å². The van der Waals surface area contributed by atoms with Gasteiger partial charge in [0.1, 0.15) is 0 Å². The summed E-state index contributed by atoms with van der Waals surface area (Å²) in [5.74, 6) is 0.691.